The Morgan fingerprint density at radius 3 is 2.28 bits per heavy atom. The van der Waals surface area contributed by atoms with Crippen LogP contribution in [0.5, 0.6) is 0 Å². The first-order chi connectivity index (χ1) is 11.8. The van der Waals surface area contributed by atoms with Crippen molar-refractivity contribution in [3.8, 4) is 0 Å². The fourth-order valence-electron chi connectivity index (χ4n) is 2.50. The largest absolute Gasteiger partial charge is 0.368 e. The maximum absolute atomic E-state index is 13.6. The van der Waals surface area contributed by atoms with E-state index in [1.807, 2.05) is 32.0 Å². The van der Waals surface area contributed by atoms with Crippen LogP contribution >= 0.6 is 0 Å². The van der Waals surface area contributed by atoms with E-state index in [-0.39, 0.29) is 12.0 Å². The van der Waals surface area contributed by atoms with Gasteiger partial charge in [0.25, 0.3) is 0 Å². The van der Waals surface area contributed by atoms with Crippen molar-refractivity contribution in [1.82, 2.24) is 5.32 Å². The van der Waals surface area contributed by atoms with Crippen LogP contribution in [-0.2, 0) is 22.4 Å². The van der Waals surface area contributed by atoms with Crippen molar-refractivity contribution in [2.75, 3.05) is 0 Å². The van der Waals surface area contributed by atoms with E-state index >= 15 is 0 Å². The van der Waals surface area contributed by atoms with Crippen LogP contribution < -0.4 is 11.1 Å². The van der Waals surface area contributed by atoms with E-state index in [9.17, 15) is 18.4 Å². The number of nitrogens with two attached hydrogens (primary N) is 1. The third-order valence-corrected chi connectivity index (χ3v) is 4.09. The number of hydrogen-bond acceptors (Lipinski definition) is 2. The van der Waals surface area contributed by atoms with Crippen LogP contribution in [0, 0.1) is 25.5 Å². The second-order valence-electron chi connectivity index (χ2n) is 6.02. The van der Waals surface area contributed by atoms with Crippen molar-refractivity contribution in [2.24, 2.45) is 5.73 Å². The van der Waals surface area contributed by atoms with Crippen LogP contribution in [0.25, 0.3) is 0 Å². The Balaban J connectivity index is 2.09. The van der Waals surface area contributed by atoms with E-state index in [4.69, 9.17) is 5.73 Å². The van der Waals surface area contributed by atoms with Crippen molar-refractivity contribution in [3.05, 3.63) is 70.3 Å². The monoisotopic (exact) mass is 346 g/mol. The zero-order valence-corrected chi connectivity index (χ0v) is 14.1. The van der Waals surface area contributed by atoms with Gasteiger partial charge in [0.05, 0.1) is 6.42 Å². The SMILES string of the molecule is Cc1ccc(C[C@H](NC(=O)Cc2c(F)cccc2F)C(N)=O)cc1C. The molecule has 2 amide bonds. The summed E-state index contributed by atoms with van der Waals surface area (Å²) in [5, 5.41) is 2.46. The van der Waals surface area contributed by atoms with Crippen LogP contribution in [0.1, 0.15) is 22.3 Å². The molecule has 0 saturated carbocycles. The van der Waals surface area contributed by atoms with Crippen molar-refractivity contribution in [3.63, 3.8) is 0 Å². The van der Waals surface area contributed by atoms with Crippen LogP contribution in [-0.4, -0.2) is 17.9 Å². The molecule has 0 aliphatic rings. The molecule has 25 heavy (non-hydrogen) atoms. The molecule has 0 heterocycles. The Hall–Kier alpha value is -2.76. The Kier molecular flexibility index (Phi) is 5.85. The minimum atomic E-state index is -0.954. The molecule has 0 aromatic heterocycles. The van der Waals surface area contributed by atoms with Crippen LogP contribution in [0.3, 0.4) is 0 Å². The minimum Gasteiger partial charge on any atom is -0.368 e. The molecule has 6 heteroatoms. The summed E-state index contributed by atoms with van der Waals surface area (Å²) < 4.78 is 27.2. The number of carbonyl (C=O) groups excluding carboxylic acids is 2. The first-order valence-corrected chi connectivity index (χ1v) is 7.85. The van der Waals surface area contributed by atoms with Gasteiger partial charge in [0.2, 0.25) is 11.8 Å². The van der Waals surface area contributed by atoms with Crippen LogP contribution in [0.2, 0.25) is 0 Å². The number of hydrogen-bond donors (Lipinski definition) is 2. The summed E-state index contributed by atoms with van der Waals surface area (Å²) in [6.45, 7) is 3.91. The van der Waals surface area contributed by atoms with Crippen molar-refractivity contribution >= 4 is 11.8 Å². The molecule has 0 aliphatic heterocycles. The maximum atomic E-state index is 13.6. The Labute approximate surface area is 145 Å². The highest BCUT2D eigenvalue weighted by Crippen LogP contribution is 2.14. The van der Waals surface area contributed by atoms with E-state index in [1.54, 1.807) is 0 Å². The van der Waals surface area contributed by atoms with E-state index in [1.165, 1.54) is 6.07 Å². The quantitative estimate of drug-likeness (QED) is 0.843. The van der Waals surface area contributed by atoms with E-state index in [2.05, 4.69) is 5.32 Å². The number of benzene rings is 2. The second kappa shape index (κ2) is 7.88. The average molecular weight is 346 g/mol. The molecule has 132 valence electrons. The molecule has 1 atom stereocenters. The van der Waals surface area contributed by atoms with Gasteiger partial charge >= 0.3 is 0 Å². The Bertz CT molecular complexity index is 786. The van der Waals surface area contributed by atoms with Gasteiger partial charge in [-0.05, 0) is 42.7 Å². The van der Waals surface area contributed by atoms with Gasteiger partial charge in [-0.25, -0.2) is 8.78 Å². The van der Waals surface area contributed by atoms with Gasteiger partial charge in [-0.15, -0.1) is 0 Å². The molecule has 2 aromatic rings. The van der Waals surface area contributed by atoms with E-state index < -0.39 is 35.9 Å². The van der Waals surface area contributed by atoms with Gasteiger partial charge in [-0.1, -0.05) is 24.3 Å². The first-order valence-electron chi connectivity index (χ1n) is 7.85. The first kappa shape index (κ1) is 18.6. The summed E-state index contributed by atoms with van der Waals surface area (Å²) in [4.78, 5) is 23.7. The van der Waals surface area contributed by atoms with Gasteiger partial charge in [0.15, 0.2) is 0 Å². The molecule has 2 rings (SSSR count). The lowest BCUT2D eigenvalue weighted by atomic mass is 10.0. The molecule has 3 N–H and O–H groups in total. The van der Waals surface area contributed by atoms with Gasteiger partial charge < -0.3 is 11.1 Å². The van der Waals surface area contributed by atoms with Gasteiger partial charge in [-0.2, -0.15) is 0 Å². The molecular formula is C19H20F2N2O2. The van der Waals surface area contributed by atoms with E-state index in [0.717, 1.165) is 28.8 Å². The molecule has 2 aromatic carbocycles. The van der Waals surface area contributed by atoms with E-state index in [0.29, 0.717) is 0 Å². The summed E-state index contributed by atoms with van der Waals surface area (Å²) >= 11 is 0. The molecule has 0 spiro atoms. The Morgan fingerprint density at radius 2 is 1.72 bits per heavy atom. The molecular weight excluding hydrogens is 326 g/mol. The normalized spacial score (nSPS) is 11.8. The minimum absolute atomic E-state index is 0.210. The predicted octanol–water partition coefficient (Wildman–Crippen LogP) is 2.34. The topological polar surface area (TPSA) is 72.2 Å². The van der Waals surface area contributed by atoms with Gasteiger partial charge in [-0.3, -0.25) is 9.59 Å². The number of rotatable bonds is 6. The number of amides is 2. The molecule has 0 saturated heterocycles. The third-order valence-electron chi connectivity index (χ3n) is 4.09. The number of nitrogens with one attached hydrogen (secondary N) is 1. The zero-order valence-electron chi connectivity index (χ0n) is 14.1. The third kappa shape index (κ3) is 4.86. The van der Waals surface area contributed by atoms with Crippen molar-refractivity contribution < 1.29 is 18.4 Å². The Morgan fingerprint density at radius 1 is 1.08 bits per heavy atom. The van der Waals surface area contributed by atoms with Gasteiger partial charge in [0, 0.05) is 12.0 Å². The van der Waals surface area contributed by atoms with Crippen LogP contribution in [0.4, 0.5) is 8.78 Å². The number of primary amides is 1. The second-order valence-corrected chi connectivity index (χ2v) is 6.02. The lowest BCUT2D eigenvalue weighted by Crippen LogP contribution is -2.46. The molecule has 0 unspecified atom stereocenters. The molecule has 0 radical (unpaired) electrons. The summed E-state index contributed by atoms with van der Waals surface area (Å²) in [6.07, 6.45) is -0.294. The number of aryl methyl sites for hydroxylation is 2. The predicted molar refractivity (Wildman–Crippen MR) is 90.8 cm³/mol. The highest BCUT2D eigenvalue weighted by Gasteiger charge is 2.21. The summed E-state index contributed by atoms with van der Waals surface area (Å²) in [6, 6.07) is 8.09. The summed E-state index contributed by atoms with van der Waals surface area (Å²) in [5.74, 6) is -2.99. The van der Waals surface area contributed by atoms with Crippen LogP contribution in [0.15, 0.2) is 36.4 Å². The van der Waals surface area contributed by atoms with Crippen molar-refractivity contribution in [2.45, 2.75) is 32.7 Å². The average Bonchev–Trinajstić information content (AvgIpc) is 2.54. The molecule has 0 aliphatic carbocycles. The van der Waals surface area contributed by atoms with Crippen molar-refractivity contribution in [1.29, 1.82) is 0 Å². The highest BCUT2D eigenvalue weighted by atomic mass is 19.1. The number of halogens is 2. The fourth-order valence-corrected chi connectivity index (χ4v) is 2.50. The molecule has 4 nitrogen and oxygen atoms in total. The fraction of sp³-hybridized carbons (Fsp3) is 0.263. The lowest BCUT2D eigenvalue weighted by molar-refractivity contribution is -0.127. The smallest absolute Gasteiger partial charge is 0.240 e. The molecule has 0 fully saturated rings. The van der Waals surface area contributed by atoms with Gasteiger partial charge in [0.1, 0.15) is 17.7 Å². The molecule has 0 bridgehead atoms. The summed E-state index contributed by atoms with van der Waals surface area (Å²) in [5.41, 5.74) is 8.02. The highest BCUT2D eigenvalue weighted by molar-refractivity contribution is 5.87. The maximum Gasteiger partial charge on any atom is 0.240 e. The standard InChI is InChI=1S/C19H20F2N2O2/c1-11-6-7-13(8-12(11)2)9-17(19(22)25)23-18(24)10-14-15(20)4-3-5-16(14)21/h3-8,17H,9-10H2,1-2H3,(H2,22,25)(H,23,24)/t17-/m0/s1. The lowest BCUT2D eigenvalue weighted by Gasteiger charge is -2.16. The zero-order chi connectivity index (χ0) is 18.6. The summed E-state index contributed by atoms with van der Waals surface area (Å²) in [7, 11) is 0. The number of carbonyl (C=O) groups is 2.